The van der Waals surface area contributed by atoms with Gasteiger partial charge in [-0.05, 0) is 37.3 Å². The van der Waals surface area contributed by atoms with Crippen LogP contribution in [-0.4, -0.2) is 20.6 Å². The molecule has 1 aliphatic rings. The van der Waals surface area contributed by atoms with Crippen molar-refractivity contribution in [1.29, 1.82) is 0 Å². The van der Waals surface area contributed by atoms with Gasteiger partial charge in [-0.2, -0.15) is 0 Å². The number of aryl methyl sites for hydroxylation is 2. The van der Waals surface area contributed by atoms with Crippen molar-refractivity contribution < 1.29 is 9.90 Å². The number of benzene rings is 1. The van der Waals surface area contributed by atoms with Crippen LogP contribution >= 0.6 is 0 Å². The first-order valence-electron chi connectivity index (χ1n) is 9.40. The van der Waals surface area contributed by atoms with Crippen LogP contribution in [0.4, 0.5) is 0 Å². The van der Waals surface area contributed by atoms with Gasteiger partial charge in [-0.3, -0.25) is 4.79 Å². The molecule has 1 heterocycles. The second-order valence-electron chi connectivity index (χ2n) is 7.06. The van der Waals surface area contributed by atoms with Crippen LogP contribution in [0, 0.1) is 5.92 Å². The van der Waals surface area contributed by atoms with E-state index in [2.05, 4.69) is 22.8 Å². The summed E-state index contributed by atoms with van der Waals surface area (Å²) in [4.78, 5) is 15.6. The number of aromatic nitrogens is 2. The van der Waals surface area contributed by atoms with Crippen LogP contribution in [0.1, 0.15) is 63.6 Å². The Morgan fingerprint density at radius 3 is 2.75 bits per heavy atom. The number of carboxylic acids is 1. The molecular weight excluding hydrogens is 300 g/mol. The Balaban J connectivity index is 1.68. The van der Waals surface area contributed by atoms with Gasteiger partial charge in [-0.15, -0.1) is 0 Å². The number of carbonyl (C=O) groups is 1. The first kappa shape index (κ1) is 17.0. The molecule has 1 aromatic heterocycles. The lowest BCUT2D eigenvalue weighted by Gasteiger charge is -2.21. The summed E-state index contributed by atoms with van der Waals surface area (Å²) in [5.74, 6) is 1.33. The van der Waals surface area contributed by atoms with Gasteiger partial charge in [0.25, 0.3) is 0 Å². The third-order valence-corrected chi connectivity index (χ3v) is 5.26. The average molecular weight is 328 g/mol. The Hall–Kier alpha value is -1.84. The molecule has 3 rings (SSSR count). The number of carboxylic acid groups (broad SMARTS) is 1. The van der Waals surface area contributed by atoms with Crippen LogP contribution in [0.3, 0.4) is 0 Å². The molecule has 0 spiro atoms. The first-order valence-corrected chi connectivity index (χ1v) is 9.40. The summed E-state index contributed by atoms with van der Waals surface area (Å²) in [5, 5.41) is 8.81. The largest absolute Gasteiger partial charge is 0.481 e. The fourth-order valence-corrected chi connectivity index (χ4v) is 3.92. The van der Waals surface area contributed by atoms with Crippen LogP contribution in [0.25, 0.3) is 11.0 Å². The van der Waals surface area contributed by atoms with Gasteiger partial charge in [-0.1, -0.05) is 44.2 Å². The quantitative estimate of drug-likeness (QED) is 0.708. The van der Waals surface area contributed by atoms with E-state index in [-0.39, 0.29) is 6.42 Å². The molecule has 130 valence electrons. The predicted octanol–water partition coefficient (Wildman–Crippen LogP) is 4.80. The molecule has 1 N–H and O–H groups in total. The molecule has 0 saturated heterocycles. The molecule has 1 aliphatic carbocycles. The fourth-order valence-electron chi connectivity index (χ4n) is 3.92. The van der Waals surface area contributed by atoms with E-state index in [4.69, 9.17) is 10.1 Å². The lowest BCUT2D eigenvalue weighted by atomic mass is 9.86. The van der Waals surface area contributed by atoms with Crippen molar-refractivity contribution in [3.8, 4) is 0 Å². The number of unbranched alkanes of at least 4 members (excludes halogenated alkanes) is 1. The minimum absolute atomic E-state index is 0.254. The van der Waals surface area contributed by atoms with E-state index >= 15 is 0 Å². The van der Waals surface area contributed by atoms with Gasteiger partial charge in [0.15, 0.2) is 0 Å². The Bertz CT molecular complexity index is 671. The molecule has 0 aliphatic heterocycles. The van der Waals surface area contributed by atoms with E-state index in [1.54, 1.807) is 0 Å². The Labute approximate surface area is 143 Å². The summed E-state index contributed by atoms with van der Waals surface area (Å²) in [6.45, 7) is 0.869. The maximum Gasteiger partial charge on any atom is 0.303 e. The molecule has 0 amide bonds. The average Bonchev–Trinajstić information content (AvgIpc) is 2.95. The molecule has 0 atom stereocenters. The minimum Gasteiger partial charge on any atom is -0.481 e. The predicted molar refractivity (Wildman–Crippen MR) is 96.1 cm³/mol. The van der Waals surface area contributed by atoms with Crippen molar-refractivity contribution >= 4 is 17.0 Å². The molecule has 0 radical (unpaired) electrons. The van der Waals surface area contributed by atoms with E-state index < -0.39 is 5.97 Å². The summed E-state index contributed by atoms with van der Waals surface area (Å²) in [7, 11) is 0. The van der Waals surface area contributed by atoms with Gasteiger partial charge < -0.3 is 9.67 Å². The lowest BCUT2D eigenvalue weighted by molar-refractivity contribution is -0.137. The maximum absolute atomic E-state index is 10.7. The molecular formula is C20H28N2O2. The van der Waals surface area contributed by atoms with Crippen molar-refractivity contribution in [3.05, 3.63) is 30.1 Å². The lowest BCUT2D eigenvalue weighted by Crippen LogP contribution is -2.10. The zero-order valence-corrected chi connectivity index (χ0v) is 14.4. The summed E-state index contributed by atoms with van der Waals surface area (Å²) in [6.07, 6.45) is 11.1. The summed E-state index contributed by atoms with van der Waals surface area (Å²) in [5.41, 5.74) is 2.25. The second kappa shape index (κ2) is 8.32. The van der Waals surface area contributed by atoms with Crippen molar-refractivity contribution in [2.45, 2.75) is 70.8 Å². The topological polar surface area (TPSA) is 55.1 Å². The highest BCUT2D eigenvalue weighted by molar-refractivity contribution is 5.75. The number of nitrogens with zero attached hydrogens (tertiary/aromatic N) is 2. The van der Waals surface area contributed by atoms with E-state index in [0.29, 0.717) is 0 Å². The summed E-state index contributed by atoms with van der Waals surface area (Å²) in [6, 6.07) is 8.30. The van der Waals surface area contributed by atoms with Crippen LogP contribution in [0.5, 0.6) is 0 Å². The monoisotopic (exact) mass is 328 g/mol. The highest BCUT2D eigenvalue weighted by atomic mass is 16.4. The van der Waals surface area contributed by atoms with Gasteiger partial charge in [0.05, 0.1) is 11.0 Å². The SMILES string of the molecule is O=C(O)CCCCn1c(CCC2CCCCC2)nc2ccccc21. The van der Waals surface area contributed by atoms with Crippen molar-refractivity contribution in [1.82, 2.24) is 9.55 Å². The van der Waals surface area contributed by atoms with Crippen LogP contribution < -0.4 is 0 Å². The van der Waals surface area contributed by atoms with Gasteiger partial charge in [-0.25, -0.2) is 4.98 Å². The van der Waals surface area contributed by atoms with Crippen LogP contribution in [-0.2, 0) is 17.8 Å². The van der Waals surface area contributed by atoms with E-state index in [9.17, 15) is 4.79 Å². The van der Waals surface area contributed by atoms with Crippen molar-refractivity contribution in [2.75, 3.05) is 0 Å². The maximum atomic E-state index is 10.7. The molecule has 4 nitrogen and oxygen atoms in total. The number of hydrogen-bond donors (Lipinski definition) is 1. The standard InChI is InChI=1S/C20H28N2O2/c23-20(24)12-6-7-15-22-18-11-5-4-10-17(18)21-19(22)14-13-16-8-2-1-3-9-16/h4-5,10-11,16H,1-3,6-9,12-15H2,(H,23,24). The number of aliphatic carboxylic acids is 1. The number of fused-ring (bicyclic) bond motifs is 1. The molecule has 24 heavy (non-hydrogen) atoms. The van der Waals surface area contributed by atoms with Crippen molar-refractivity contribution in [3.63, 3.8) is 0 Å². The highest BCUT2D eigenvalue weighted by Gasteiger charge is 2.16. The second-order valence-corrected chi connectivity index (χ2v) is 7.06. The Morgan fingerprint density at radius 1 is 1.17 bits per heavy atom. The van der Waals surface area contributed by atoms with Gasteiger partial charge in [0.1, 0.15) is 5.82 Å². The van der Waals surface area contributed by atoms with Gasteiger partial charge in [0, 0.05) is 19.4 Å². The van der Waals surface area contributed by atoms with Crippen LogP contribution in [0.15, 0.2) is 24.3 Å². The zero-order chi connectivity index (χ0) is 16.8. The minimum atomic E-state index is -0.706. The zero-order valence-electron chi connectivity index (χ0n) is 14.4. The number of rotatable bonds is 8. The molecule has 1 saturated carbocycles. The molecule has 1 aromatic carbocycles. The van der Waals surface area contributed by atoms with Crippen molar-refractivity contribution in [2.24, 2.45) is 5.92 Å². The fraction of sp³-hybridized carbons (Fsp3) is 0.600. The smallest absolute Gasteiger partial charge is 0.303 e. The third-order valence-electron chi connectivity index (χ3n) is 5.26. The molecule has 0 unspecified atom stereocenters. The first-order chi connectivity index (χ1) is 11.7. The summed E-state index contributed by atoms with van der Waals surface area (Å²) < 4.78 is 2.32. The Kier molecular flexibility index (Phi) is 5.89. The highest BCUT2D eigenvalue weighted by Crippen LogP contribution is 2.28. The number of imidazole rings is 1. The molecule has 4 heteroatoms. The van der Waals surface area contributed by atoms with Gasteiger partial charge >= 0.3 is 5.97 Å². The number of para-hydroxylation sites is 2. The molecule has 1 fully saturated rings. The van der Waals surface area contributed by atoms with E-state index in [1.165, 1.54) is 49.9 Å². The Morgan fingerprint density at radius 2 is 1.96 bits per heavy atom. The third kappa shape index (κ3) is 4.37. The van der Waals surface area contributed by atoms with E-state index in [1.807, 2.05) is 6.07 Å². The van der Waals surface area contributed by atoms with Crippen LogP contribution in [0.2, 0.25) is 0 Å². The number of hydrogen-bond acceptors (Lipinski definition) is 2. The van der Waals surface area contributed by atoms with E-state index in [0.717, 1.165) is 37.2 Å². The summed E-state index contributed by atoms with van der Waals surface area (Å²) >= 11 is 0. The molecule has 0 bridgehead atoms. The normalized spacial score (nSPS) is 15.8. The van der Waals surface area contributed by atoms with Gasteiger partial charge in [0.2, 0.25) is 0 Å². The molecule has 2 aromatic rings.